The van der Waals surface area contributed by atoms with Crippen molar-refractivity contribution in [3.05, 3.63) is 69.8 Å². The molecule has 122 valence electrons. The molecule has 0 radical (unpaired) electrons. The Morgan fingerprint density at radius 1 is 0.957 bits per heavy atom. The lowest BCUT2D eigenvalue weighted by atomic mass is 9.98. The van der Waals surface area contributed by atoms with Crippen LogP contribution in [-0.4, -0.2) is 5.91 Å². The molecule has 0 unspecified atom stereocenters. The smallest absolute Gasteiger partial charge is 0.224 e. The molecule has 1 amide bonds. The second-order valence-electron chi connectivity index (χ2n) is 6.48. The lowest BCUT2D eigenvalue weighted by Crippen LogP contribution is -2.29. The molecule has 1 N–H and O–H groups in total. The van der Waals surface area contributed by atoms with Crippen molar-refractivity contribution in [2.45, 2.75) is 53.5 Å². The molecule has 23 heavy (non-hydrogen) atoms. The second kappa shape index (κ2) is 7.45. The number of amides is 1. The van der Waals surface area contributed by atoms with Crippen molar-refractivity contribution in [1.82, 2.24) is 5.32 Å². The fourth-order valence-corrected chi connectivity index (χ4v) is 2.86. The summed E-state index contributed by atoms with van der Waals surface area (Å²) in [5.41, 5.74) is 7.25. The van der Waals surface area contributed by atoms with Gasteiger partial charge in [0.25, 0.3) is 0 Å². The molecule has 0 saturated carbocycles. The summed E-state index contributed by atoms with van der Waals surface area (Å²) in [6, 6.07) is 12.8. The van der Waals surface area contributed by atoms with Crippen LogP contribution >= 0.6 is 0 Å². The molecular weight excluding hydrogens is 282 g/mol. The average Bonchev–Trinajstić information content (AvgIpc) is 2.50. The van der Waals surface area contributed by atoms with Crippen LogP contribution in [0.25, 0.3) is 0 Å². The van der Waals surface area contributed by atoms with Gasteiger partial charge < -0.3 is 5.32 Å². The summed E-state index contributed by atoms with van der Waals surface area (Å²) in [6.45, 7) is 10.5. The Kier molecular flexibility index (Phi) is 5.59. The number of carbonyl (C=O) groups is 1. The first-order chi connectivity index (χ1) is 10.9. The van der Waals surface area contributed by atoms with Crippen molar-refractivity contribution in [2.24, 2.45) is 0 Å². The highest BCUT2D eigenvalue weighted by atomic mass is 16.1. The Morgan fingerprint density at radius 2 is 1.70 bits per heavy atom. The zero-order chi connectivity index (χ0) is 17.0. The van der Waals surface area contributed by atoms with Gasteiger partial charge in [-0.3, -0.25) is 4.79 Å². The topological polar surface area (TPSA) is 29.1 Å². The van der Waals surface area contributed by atoms with Crippen molar-refractivity contribution < 1.29 is 4.79 Å². The van der Waals surface area contributed by atoms with E-state index < -0.39 is 0 Å². The highest BCUT2D eigenvalue weighted by Crippen LogP contribution is 2.20. The van der Waals surface area contributed by atoms with Crippen LogP contribution in [0.4, 0.5) is 0 Å². The Labute approximate surface area is 139 Å². The Balaban J connectivity index is 2.08. The minimum atomic E-state index is 0.0764. The first kappa shape index (κ1) is 17.3. The highest BCUT2D eigenvalue weighted by molar-refractivity contribution is 5.79. The Hall–Kier alpha value is -2.09. The zero-order valence-electron chi connectivity index (χ0n) is 14.9. The third-order valence-corrected chi connectivity index (χ3v) is 4.53. The van der Waals surface area contributed by atoms with Crippen LogP contribution in [0.5, 0.6) is 0 Å². The molecule has 0 spiro atoms. The van der Waals surface area contributed by atoms with Gasteiger partial charge in [0.2, 0.25) is 5.91 Å². The average molecular weight is 309 g/mol. The van der Waals surface area contributed by atoms with Crippen molar-refractivity contribution in [3.8, 4) is 0 Å². The van der Waals surface area contributed by atoms with Gasteiger partial charge in [-0.25, -0.2) is 0 Å². The lowest BCUT2D eigenvalue weighted by Gasteiger charge is -2.19. The van der Waals surface area contributed by atoms with E-state index in [1.54, 1.807) is 0 Å². The number of nitrogens with one attached hydrogen (secondary N) is 1. The van der Waals surface area contributed by atoms with Gasteiger partial charge in [0, 0.05) is 0 Å². The summed E-state index contributed by atoms with van der Waals surface area (Å²) < 4.78 is 0. The van der Waals surface area contributed by atoms with Crippen molar-refractivity contribution in [2.75, 3.05) is 0 Å². The van der Waals surface area contributed by atoms with Gasteiger partial charge in [-0.1, -0.05) is 48.9 Å². The molecule has 0 saturated heterocycles. The minimum absolute atomic E-state index is 0.0764. The van der Waals surface area contributed by atoms with Crippen LogP contribution < -0.4 is 5.32 Å². The van der Waals surface area contributed by atoms with Crippen molar-refractivity contribution in [3.63, 3.8) is 0 Å². The van der Waals surface area contributed by atoms with E-state index >= 15 is 0 Å². The summed E-state index contributed by atoms with van der Waals surface area (Å²) in [5, 5.41) is 3.18. The quantitative estimate of drug-likeness (QED) is 0.850. The SMILES string of the molecule is CC[C@@H](NC(=O)Cc1ccc(C)cc1C)c1ccc(C)c(C)c1. The monoisotopic (exact) mass is 309 g/mol. The maximum absolute atomic E-state index is 12.4. The summed E-state index contributed by atoms with van der Waals surface area (Å²) >= 11 is 0. The van der Waals surface area contributed by atoms with E-state index in [9.17, 15) is 4.79 Å². The predicted molar refractivity (Wildman–Crippen MR) is 96.7 cm³/mol. The van der Waals surface area contributed by atoms with Gasteiger partial charge >= 0.3 is 0 Å². The van der Waals surface area contributed by atoms with Crippen LogP contribution in [-0.2, 0) is 11.2 Å². The normalized spacial score (nSPS) is 12.0. The van der Waals surface area contributed by atoms with Gasteiger partial charge in [0.05, 0.1) is 12.5 Å². The van der Waals surface area contributed by atoms with E-state index in [2.05, 4.69) is 76.3 Å². The van der Waals surface area contributed by atoms with Crippen molar-refractivity contribution in [1.29, 1.82) is 0 Å². The van der Waals surface area contributed by atoms with E-state index in [1.165, 1.54) is 27.8 Å². The fourth-order valence-electron chi connectivity index (χ4n) is 2.86. The number of benzene rings is 2. The predicted octanol–water partition coefficient (Wildman–Crippen LogP) is 4.73. The molecular formula is C21H27NO. The van der Waals surface area contributed by atoms with E-state index in [1.807, 2.05) is 0 Å². The number of hydrogen-bond acceptors (Lipinski definition) is 1. The molecule has 2 heteroatoms. The maximum atomic E-state index is 12.4. The maximum Gasteiger partial charge on any atom is 0.224 e. The third kappa shape index (κ3) is 4.44. The molecule has 2 aromatic carbocycles. The van der Waals surface area contributed by atoms with Gasteiger partial charge in [0.1, 0.15) is 0 Å². The van der Waals surface area contributed by atoms with Gasteiger partial charge in [-0.15, -0.1) is 0 Å². The third-order valence-electron chi connectivity index (χ3n) is 4.53. The largest absolute Gasteiger partial charge is 0.349 e. The molecule has 2 aromatic rings. The van der Waals surface area contributed by atoms with E-state index in [4.69, 9.17) is 0 Å². The minimum Gasteiger partial charge on any atom is -0.349 e. The van der Waals surface area contributed by atoms with Crippen LogP contribution in [0.15, 0.2) is 36.4 Å². The first-order valence-corrected chi connectivity index (χ1v) is 8.33. The Bertz CT molecular complexity index is 703. The highest BCUT2D eigenvalue weighted by Gasteiger charge is 2.14. The van der Waals surface area contributed by atoms with Crippen LogP contribution in [0, 0.1) is 27.7 Å². The number of aryl methyl sites for hydroxylation is 4. The molecule has 0 aliphatic carbocycles. The molecule has 2 nitrogen and oxygen atoms in total. The molecule has 2 rings (SSSR count). The molecule has 0 aromatic heterocycles. The van der Waals surface area contributed by atoms with Gasteiger partial charge in [-0.05, 0) is 61.9 Å². The standard InChI is InChI=1S/C21H27NO/c1-6-20(19-10-8-15(3)16(4)12-19)22-21(23)13-18-9-7-14(2)11-17(18)5/h7-12,20H,6,13H2,1-5H3,(H,22,23)/t20-/m1/s1. The van der Waals surface area contributed by atoms with E-state index in [0.29, 0.717) is 6.42 Å². The molecule has 0 aliphatic rings. The summed E-state index contributed by atoms with van der Waals surface area (Å²) in [5.74, 6) is 0.0852. The summed E-state index contributed by atoms with van der Waals surface area (Å²) in [4.78, 5) is 12.4. The second-order valence-corrected chi connectivity index (χ2v) is 6.48. The Morgan fingerprint density at radius 3 is 2.30 bits per heavy atom. The van der Waals surface area contributed by atoms with Crippen molar-refractivity contribution >= 4 is 5.91 Å². The lowest BCUT2D eigenvalue weighted by molar-refractivity contribution is -0.121. The molecule has 0 fully saturated rings. The van der Waals surface area contributed by atoms with Crippen LogP contribution in [0.2, 0.25) is 0 Å². The molecule has 0 aliphatic heterocycles. The van der Waals surface area contributed by atoms with Crippen LogP contribution in [0.1, 0.15) is 52.8 Å². The number of carbonyl (C=O) groups excluding carboxylic acids is 1. The summed E-state index contributed by atoms with van der Waals surface area (Å²) in [7, 11) is 0. The van der Waals surface area contributed by atoms with E-state index in [0.717, 1.165) is 12.0 Å². The molecule has 0 bridgehead atoms. The first-order valence-electron chi connectivity index (χ1n) is 8.33. The number of hydrogen-bond donors (Lipinski definition) is 1. The zero-order valence-corrected chi connectivity index (χ0v) is 14.9. The summed E-state index contributed by atoms with van der Waals surface area (Å²) in [6.07, 6.45) is 1.33. The number of rotatable bonds is 5. The van der Waals surface area contributed by atoms with Crippen LogP contribution in [0.3, 0.4) is 0 Å². The van der Waals surface area contributed by atoms with Gasteiger partial charge in [0.15, 0.2) is 0 Å². The molecule has 1 atom stereocenters. The molecule has 0 heterocycles. The van der Waals surface area contributed by atoms with E-state index in [-0.39, 0.29) is 11.9 Å². The van der Waals surface area contributed by atoms with Gasteiger partial charge in [-0.2, -0.15) is 0 Å². The fraction of sp³-hybridized carbons (Fsp3) is 0.381.